The highest BCUT2D eigenvalue weighted by molar-refractivity contribution is 6.05. The molecule has 0 radical (unpaired) electrons. The number of carbonyl (C=O) groups excluding carboxylic acids is 3. The zero-order valence-corrected chi connectivity index (χ0v) is 16.5. The topological polar surface area (TPSA) is 111 Å². The molecule has 2 fully saturated rings. The lowest BCUT2D eigenvalue weighted by atomic mass is 9.91. The number of carbonyl (C=O) groups is 3. The molecular formula is C21H28N4O4. The van der Waals surface area contributed by atoms with Crippen molar-refractivity contribution < 1.29 is 19.5 Å². The fourth-order valence-corrected chi connectivity index (χ4v) is 4.46. The molecule has 3 heterocycles. The van der Waals surface area contributed by atoms with E-state index in [1.165, 1.54) is 0 Å². The Kier molecular flexibility index (Phi) is 5.67. The van der Waals surface area contributed by atoms with E-state index >= 15 is 0 Å². The Labute approximate surface area is 170 Å². The Bertz CT molecular complexity index is 819. The van der Waals surface area contributed by atoms with Crippen molar-refractivity contribution in [1.82, 2.24) is 20.9 Å². The lowest BCUT2D eigenvalue weighted by Gasteiger charge is -2.32. The summed E-state index contributed by atoms with van der Waals surface area (Å²) in [4.78, 5) is 37.8. The summed E-state index contributed by atoms with van der Waals surface area (Å²) in [6.45, 7) is 3.38. The Morgan fingerprint density at radius 3 is 2.90 bits per heavy atom. The lowest BCUT2D eigenvalue weighted by molar-refractivity contribution is -0.136. The summed E-state index contributed by atoms with van der Waals surface area (Å²) in [5.74, 6) is -0.821. The number of hydrogen-bond donors (Lipinski definition) is 4. The van der Waals surface area contributed by atoms with Gasteiger partial charge in [-0.3, -0.25) is 19.7 Å². The van der Waals surface area contributed by atoms with E-state index in [2.05, 4.69) is 16.0 Å². The zero-order valence-electron chi connectivity index (χ0n) is 16.5. The van der Waals surface area contributed by atoms with Gasteiger partial charge in [-0.2, -0.15) is 0 Å². The SMILES string of the molecule is O=C1CCC(N2Cc3cc(CNCCC4(O)CCCNC4)ccc3C2=O)C(=O)N1. The largest absolute Gasteiger partial charge is 0.389 e. The number of nitrogens with one attached hydrogen (secondary N) is 3. The normalized spacial score (nSPS) is 27.1. The van der Waals surface area contributed by atoms with E-state index in [1.807, 2.05) is 18.2 Å². The van der Waals surface area contributed by atoms with Crippen LogP contribution in [0.5, 0.6) is 0 Å². The molecule has 2 saturated heterocycles. The van der Waals surface area contributed by atoms with E-state index in [9.17, 15) is 19.5 Å². The van der Waals surface area contributed by atoms with Crippen LogP contribution in [0, 0.1) is 0 Å². The number of aliphatic hydroxyl groups is 1. The van der Waals surface area contributed by atoms with Gasteiger partial charge in [-0.15, -0.1) is 0 Å². The number of amides is 3. The van der Waals surface area contributed by atoms with E-state index in [0.29, 0.717) is 38.0 Å². The fraction of sp³-hybridized carbons (Fsp3) is 0.571. The number of fused-ring (bicyclic) bond motifs is 1. The highest BCUT2D eigenvalue weighted by atomic mass is 16.3. The van der Waals surface area contributed by atoms with Gasteiger partial charge < -0.3 is 20.6 Å². The summed E-state index contributed by atoms with van der Waals surface area (Å²) >= 11 is 0. The van der Waals surface area contributed by atoms with Gasteiger partial charge in [-0.25, -0.2) is 0 Å². The van der Waals surface area contributed by atoms with E-state index < -0.39 is 11.6 Å². The van der Waals surface area contributed by atoms with Crippen molar-refractivity contribution in [3.05, 3.63) is 34.9 Å². The van der Waals surface area contributed by atoms with Crippen molar-refractivity contribution in [3.8, 4) is 0 Å². The minimum atomic E-state index is -0.627. The van der Waals surface area contributed by atoms with Gasteiger partial charge in [0.15, 0.2) is 0 Å². The maximum atomic E-state index is 12.7. The fourth-order valence-electron chi connectivity index (χ4n) is 4.46. The van der Waals surface area contributed by atoms with E-state index in [1.54, 1.807) is 4.90 Å². The number of nitrogens with zero attached hydrogens (tertiary/aromatic N) is 1. The van der Waals surface area contributed by atoms with Crippen LogP contribution < -0.4 is 16.0 Å². The summed E-state index contributed by atoms with van der Waals surface area (Å²) in [7, 11) is 0. The molecule has 4 rings (SSSR count). The molecule has 0 aliphatic carbocycles. The maximum absolute atomic E-state index is 12.7. The van der Waals surface area contributed by atoms with E-state index in [-0.39, 0.29) is 24.1 Å². The minimum absolute atomic E-state index is 0.152. The Morgan fingerprint density at radius 1 is 1.28 bits per heavy atom. The second-order valence-electron chi connectivity index (χ2n) is 8.32. The van der Waals surface area contributed by atoms with Crippen LogP contribution in [-0.2, 0) is 22.7 Å². The van der Waals surface area contributed by atoms with Gasteiger partial charge in [-0.05, 0) is 56.0 Å². The Hall–Kier alpha value is -2.29. The molecule has 0 spiro atoms. The molecule has 2 unspecified atom stereocenters. The first-order valence-electron chi connectivity index (χ1n) is 10.4. The molecule has 3 amide bonds. The first kappa shape index (κ1) is 20.0. The van der Waals surface area contributed by atoms with Gasteiger partial charge in [0.2, 0.25) is 11.8 Å². The molecule has 2 atom stereocenters. The van der Waals surface area contributed by atoms with Crippen LogP contribution in [0.1, 0.15) is 53.6 Å². The lowest BCUT2D eigenvalue weighted by Crippen LogP contribution is -2.52. The molecule has 156 valence electrons. The summed E-state index contributed by atoms with van der Waals surface area (Å²) in [5.41, 5.74) is 1.98. The quantitative estimate of drug-likeness (QED) is 0.397. The van der Waals surface area contributed by atoms with Crippen molar-refractivity contribution in [2.75, 3.05) is 19.6 Å². The molecule has 4 N–H and O–H groups in total. The average Bonchev–Trinajstić information content (AvgIpc) is 3.02. The molecule has 8 nitrogen and oxygen atoms in total. The molecule has 8 heteroatoms. The number of rotatable bonds is 6. The van der Waals surface area contributed by atoms with E-state index in [4.69, 9.17) is 0 Å². The molecule has 29 heavy (non-hydrogen) atoms. The van der Waals surface area contributed by atoms with Gasteiger partial charge in [0.1, 0.15) is 6.04 Å². The number of piperidine rings is 2. The molecule has 0 aromatic heterocycles. The molecule has 1 aromatic carbocycles. The van der Waals surface area contributed by atoms with Crippen molar-refractivity contribution in [2.24, 2.45) is 0 Å². The Morgan fingerprint density at radius 2 is 2.14 bits per heavy atom. The highest BCUT2D eigenvalue weighted by Gasteiger charge is 2.39. The molecule has 3 aliphatic rings. The molecular weight excluding hydrogens is 372 g/mol. The molecule has 0 saturated carbocycles. The number of benzene rings is 1. The number of β-amino-alcohol motifs (C(OH)–C–C–N with tert-alkyl or cyclic N) is 1. The van der Waals surface area contributed by atoms with Crippen molar-refractivity contribution in [2.45, 2.75) is 56.8 Å². The predicted molar refractivity (Wildman–Crippen MR) is 106 cm³/mol. The highest BCUT2D eigenvalue weighted by Crippen LogP contribution is 2.28. The summed E-state index contributed by atoms with van der Waals surface area (Å²) in [5, 5.41) is 19.5. The van der Waals surface area contributed by atoms with Crippen LogP contribution in [0.15, 0.2) is 18.2 Å². The van der Waals surface area contributed by atoms with Crippen molar-refractivity contribution in [3.63, 3.8) is 0 Å². The summed E-state index contributed by atoms with van der Waals surface area (Å²) < 4.78 is 0. The monoisotopic (exact) mass is 400 g/mol. The maximum Gasteiger partial charge on any atom is 0.255 e. The number of imide groups is 1. The average molecular weight is 400 g/mol. The number of hydrogen-bond acceptors (Lipinski definition) is 6. The van der Waals surface area contributed by atoms with E-state index in [0.717, 1.165) is 37.1 Å². The first-order valence-corrected chi connectivity index (χ1v) is 10.4. The van der Waals surface area contributed by atoms with Crippen LogP contribution in [0.4, 0.5) is 0 Å². The van der Waals surface area contributed by atoms with Crippen LogP contribution in [0.25, 0.3) is 0 Å². The Balaban J connectivity index is 1.32. The smallest absolute Gasteiger partial charge is 0.255 e. The van der Waals surface area contributed by atoms with Crippen molar-refractivity contribution >= 4 is 17.7 Å². The third-order valence-electron chi connectivity index (χ3n) is 6.13. The van der Waals surface area contributed by atoms with Crippen LogP contribution in [0.3, 0.4) is 0 Å². The molecule has 3 aliphatic heterocycles. The molecule has 0 bridgehead atoms. The van der Waals surface area contributed by atoms with Crippen LogP contribution >= 0.6 is 0 Å². The van der Waals surface area contributed by atoms with Gasteiger partial charge in [0, 0.05) is 31.6 Å². The van der Waals surface area contributed by atoms with Crippen molar-refractivity contribution in [1.29, 1.82) is 0 Å². The first-order chi connectivity index (χ1) is 14.0. The summed E-state index contributed by atoms with van der Waals surface area (Å²) in [6.07, 6.45) is 3.16. The third-order valence-corrected chi connectivity index (χ3v) is 6.13. The third kappa shape index (κ3) is 4.34. The van der Waals surface area contributed by atoms with Gasteiger partial charge in [0.25, 0.3) is 5.91 Å². The van der Waals surface area contributed by atoms with Gasteiger partial charge >= 0.3 is 0 Å². The summed E-state index contributed by atoms with van der Waals surface area (Å²) in [6, 6.07) is 5.16. The second kappa shape index (κ2) is 8.22. The van der Waals surface area contributed by atoms with Gasteiger partial charge in [-0.1, -0.05) is 12.1 Å². The van der Waals surface area contributed by atoms with Crippen LogP contribution in [0.2, 0.25) is 0 Å². The zero-order chi connectivity index (χ0) is 20.4. The predicted octanol–water partition coefficient (Wildman–Crippen LogP) is 0.0418. The van der Waals surface area contributed by atoms with Gasteiger partial charge in [0.05, 0.1) is 5.60 Å². The minimum Gasteiger partial charge on any atom is -0.389 e. The molecule has 1 aromatic rings. The van der Waals surface area contributed by atoms with Crippen LogP contribution in [-0.4, -0.2) is 59.0 Å². The standard InChI is InChI=1S/C21H28N4O4/c26-18-5-4-17(19(27)24-18)25-12-15-10-14(2-3-16(15)20(25)28)11-22-9-7-21(29)6-1-8-23-13-21/h2-3,10,17,22-23,29H,1,4-9,11-13H2,(H,24,26,27). The second-order valence-corrected chi connectivity index (χ2v) is 8.32.